The highest BCUT2D eigenvalue weighted by Gasteiger charge is 2.58. The van der Waals surface area contributed by atoms with Crippen LogP contribution in [-0.4, -0.2) is 30.7 Å². The molecule has 4 nitrogen and oxygen atoms in total. The van der Waals surface area contributed by atoms with E-state index in [-0.39, 0.29) is 11.5 Å². The minimum atomic E-state index is -0.266. The molecule has 2 heterocycles. The predicted octanol–water partition coefficient (Wildman–Crippen LogP) is 4.47. The molecule has 2 atom stereocenters. The fourth-order valence-corrected chi connectivity index (χ4v) is 5.14. The summed E-state index contributed by atoms with van der Waals surface area (Å²) in [4.78, 5) is 20.9. The minimum absolute atomic E-state index is 0.203. The Morgan fingerprint density at radius 3 is 2.59 bits per heavy atom. The molecule has 2 aromatic rings. The van der Waals surface area contributed by atoms with E-state index in [0.717, 1.165) is 26.1 Å². The average Bonchev–Trinajstić information content (AvgIpc) is 3.00. The Balaban J connectivity index is 1.40. The largest absolute Gasteiger partial charge is 0.372 e. The van der Waals surface area contributed by atoms with E-state index in [4.69, 9.17) is 4.84 Å². The third-order valence-electron chi connectivity index (χ3n) is 6.70. The number of piperidine rings is 1. The molecule has 0 saturated carbocycles. The van der Waals surface area contributed by atoms with Crippen LogP contribution < -0.4 is 4.90 Å². The number of fused-ring (bicyclic) bond motifs is 4. The summed E-state index contributed by atoms with van der Waals surface area (Å²) >= 11 is 0. The minimum Gasteiger partial charge on any atom is -0.372 e. The van der Waals surface area contributed by atoms with Gasteiger partial charge in [-0.25, -0.2) is 4.79 Å². The molecular weight excluding hydrogens is 336 g/mol. The van der Waals surface area contributed by atoms with Gasteiger partial charge in [-0.1, -0.05) is 24.3 Å². The Morgan fingerprint density at radius 1 is 1.04 bits per heavy atom. The predicted molar refractivity (Wildman–Crippen MR) is 106 cm³/mol. The SMILES string of the molecule is CC12c3cc(N4CCCCC4)ccc3C1CCN2OC(=O)c1ccccc1. The van der Waals surface area contributed by atoms with Crippen molar-refractivity contribution in [1.29, 1.82) is 0 Å². The highest BCUT2D eigenvalue weighted by Crippen LogP contribution is 2.59. The molecule has 3 aliphatic rings. The summed E-state index contributed by atoms with van der Waals surface area (Å²) in [6, 6.07) is 16.2. The molecule has 0 aromatic heterocycles. The van der Waals surface area contributed by atoms with Crippen LogP contribution >= 0.6 is 0 Å². The summed E-state index contributed by atoms with van der Waals surface area (Å²) in [7, 11) is 0. The third-order valence-corrected chi connectivity index (χ3v) is 6.70. The zero-order valence-electron chi connectivity index (χ0n) is 15.9. The molecule has 2 aliphatic heterocycles. The van der Waals surface area contributed by atoms with E-state index in [1.165, 1.54) is 36.1 Å². The van der Waals surface area contributed by atoms with Crippen LogP contribution in [0.25, 0.3) is 0 Å². The summed E-state index contributed by atoms with van der Waals surface area (Å²) < 4.78 is 0. The number of hydrogen-bond acceptors (Lipinski definition) is 4. The summed E-state index contributed by atoms with van der Waals surface area (Å²) in [5, 5.41) is 1.93. The fourth-order valence-electron chi connectivity index (χ4n) is 5.14. The number of carbonyl (C=O) groups excluding carboxylic acids is 1. The van der Waals surface area contributed by atoms with Gasteiger partial charge in [-0.15, -0.1) is 5.06 Å². The van der Waals surface area contributed by atoms with Gasteiger partial charge in [0.2, 0.25) is 0 Å². The summed E-state index contributed by atoms with van der Waals surface area (Å²) in [5.74, 6) is 0.185. The van der Waals surface area contributed by atoms with Crippen LogP contribution in [-0.2, 0) is 10.4 Å². The van der Waals surface area contributed by atoms with E-state index in [0.29, 0.717) is 11.5 Å². The van der Waals surface area contributed by atoms with Gasteiger partial charge in [-0.3, -0.25) is 0 Å². The standard InChI is InChI=1S/C23H26N2O2/c1-23-20(12-15-25(23)27-22(26)17-8-4-2-5-9-17)19-11-10-18(16-21(19)23)24-13-6-3-7-14-24/h2,4-5,8-11,16,20H,3,6-7,12-15H2,1H3. The second-order valence-electron chi connectivity index (χ2n) is 8.15. The molecule has 0 radical (unpaired) electrons. The summed E-state index contributed by atoms with van der Waals surface area (Å²) in [6.45, 7) is 5.30. The molecule has 2 saturated heterocycles. The topological polar surface area (TPSA) is 32.8 Å². The van der Waals surface area contributed by atoms with Gasteiger partial charge < -0.3 is 9.74 Å². The lowest BCUT2D eigenvalue weighted by Gasteiger charge is -2.48. The van der Waals surface area contributed by atoms with Crippen molar-refractivity contribution in [2.24, 2.45) is 0 Å². The number of nitrogens with zero attached hydrogens (tertiary/aromatic N) is 2. The Hall–Kier alpha value is -2.33. The molecule has 2 fully saturated rings. The van der Waals surface area contributed by atoms with E-state index in [2.05, 4.69) is 30.0 Å². The smallest absolute Gasteiger partial charge is 0.357 e. The van der Waals surface area contributed by atoms with Crippen LogP contribution in [0.5, 0.6) is 0 Å². The highest BCUT2D eigenvalue weighted by molar-refractivity contribution is 5.89. The zero-order valence-corrected chi connectivity index (χ0v) is 15.9. The number of carbonyl (C=O) groups is 1. The van der Waals surface area contributed by atoms with E-state index in [1.54, 1.807) is 12.1 Å². The first kappa shape index (κ1) is 16.8. The second-order valence-corrected chi connectivity index (χ2v) is 8.15. The maximum absolute atomic E-state index is 12.6. The lowest BCUT2D eigenvalue weighted by Crippen LogP contribution is -2.49. The molecule has 0 spiro atoms. The van der Waals surface area contributed by atoms with Crippen molar-refractivity contribution >= 4 is 11.7 Å². The fraction of sp³-hybridized carbons (Fsp3) is 0.435. The lowest BCUT2D eigenvalue weighted by atomic mass is 9.63. The average molecular weight is 362 g/mol. The lowest BCUT2D eigenvalue weighted by molar-refractivity contribution is -0.164. The van der Waals surface area contributed by atoms with Crippen LogP contribution in [0.4, 0.5) is 5.69 Å². The number of hydroxylamine groups is 2. The van der Waals surface area contributed by atoms with Gasteiger partial charge in [-0.2, -0.15) is 0 Å². The molecule has 0 bridgehead atoms. The molecule has 27 heavy (non-hydrogen) atoms. The van der Waals surface area contributed by atoms with Gasteiger partial charge >= 0.3 is 5.97 Å². The first-order valence-electron chi connectivity index (χ1n) is 10.1. The van der Waals surface area contributed by atoms with Crippen molar-refractivity contribution in [3.8, 4) is 0 Å². The maximum Gasteiger partial charge on any atom is 0.357 e. The number of benzene rings is 2. The summed E-state index contributed by atoms with van der Waals surface area (Å²) in [5.41, 5.74) is 4.47. The van der Waals surface area contributed by atoms with Gasteiger partial charge in [0.1, 0.15) is 0 Å². The summed E-state index contributed by atoms with van der Waals surface area (Å²) in [6.07, 6.45) is 4.93. The first-order valence-corrected chi connectivity index (χ1v) is 10.1. The molecule has 1 aliphatic carbocycles. The first-order chi connectivity index (χ1) is 13.2. The zero-order chi connectivity index (χ0) is 18.4. The van der Waals surface area contributed by atoms with Crippen molar-refractivity contribution in [2.75, 3.05) is 24.5 Å². The normalized spacial score (nSPS) is 26.9. The van der Waals surface area contributed by atoms with Gasteiger partial charge in [0, 0.05) is 31.2 Å². The number of anilines is 1. The van der Waals surface area contributed by atoms with E-state index in [9.17, 15) is 4.79 Å². The second kappa shape index (κ2) is 6.38. The highest BCUT2D eigenvalue weighted by atomic mass is 16.7. The Kier molecular flexibility index (Phi) is 3.97. The van der Waals surface area contributed by atoms with Crippen molar-refractivity contribution < 1.29 is 9.63 Å². The van der Waals surface area contributed by atoms with Crippen molar-refractivity contribution in [3.05, 3.63) is 65.2 Å². The number of hydrogen-bond donors (Lipinski definition) is 0. The molecule has 4 heteroatoms. The van der Waals surface area contributed by atoms with Crippen molar-refractivity contribution in [2.45, 2.75) is 44.1 Å². The molecule has 2 unspecified atom stereocenters. The van der Waals surface area contributed by atoms with Crippen molar-refractivity contribution in [1.82, 2.24) is 5.06 Å². The van der Waals surface area contributed by atoms with Crippen LogP contribution in [0.1, 0.15) is 60.0 Å². The molecule has 0 amide bonds. The third kappa shape index (κ3) is 2.58. The van der Waals surface area contributed by atoms with E-state index >= 15 is 0 Å². The molecule has 2 aromatic carbocycles. The Labute approximate surface area is 160 Å². The molecule has 140 valence electrons. The van der Waals surface area contributed by atoms with E-state index in [1.807, 2.05) is 23.3 Å². The van der Waals surface area contributed by atoms with Gasteiger partial charge in [0.15, 0.2) is 0 Å². The molecule has 5 rings (SSSR count). The van der Waals surface area contributed by atoms with Gasteiger partial charge in [0.25, 0.3) is 0 Å². The quantitative estimate of drug-likeness (QED) is 0.807. The van der Waals surface area contributed by atoms with Crippen LogP contribution in [0.3, 0.4) is 0 Å². The monoisotopic (exact) mass is 362 g/mol. The van der Waals surface area contributed by atoms with Crippen LogP contribution in [0, 0.1) is 0 Å². The Bertz CT molecular complexity index is 860. The maximum atomic E-state index is 12.6. The van der Waals surface area contributed by atoms with Gasteiger partial charge in [0.05, 0.1) is 11.1 Å². The molecular formula is C23H26N2O2. The number of rotatable bonds is 3. The van der Waals surface area contributed by atoms with Crippen molar-refractivity contribution in [3.63, 3.8) is 0 Å². The molecule has 0 N–H and O–H groups in total. The van der Waals surface area contributed by atoms with Crippen LogP contribution in [0.2, 0.25) is 0 Å². The van der Waals surface area contributed by atoms with Gasteiger partial charge in [-0.05, 0) is 68.0 Å². The van der Waals surface area contributed by atoms with Crippen LogP contribution in [0.15, 0.2) is 48.5 Å². The van der Waals surface area contributed by atoms with E-state index < -0.39 is 0 Å². The Morgan fingerprint density at radius 2 is 1.81 bits per heavy atom.